The maximum absolute atomic E-state index is 12.4. The summed E-state index contributed by atoms with van der Waals surface area (Å²) in [7, 11) is -1.10. The summed E-state index contributed by atoms with van der Waals surface area (Å²) in [6.07, 6.45) is 2.84. The quantitative estimate of drug-likeness (QED) is 0.838. The van der Waals surface area contributed by atoms with Gasteiger partial charge in [-0.2, -0.15) is 0 Å². The van der Waals surface area contributed by atoms with Crippen molar-refractivity contribution in [2.75, 3.05) is 12.0 Å². The summed E-state index contributed by atoms with van der Waals surface area (Å²) in [5.41, 5.74) is 0.830. The summed E-state index contributed by atoms with van der Waals surface area (Å²) >= 11 is 0. The number of carboxylic acids is 1. The van der Waals surface area contributed by atoms with Gasteiger partial charge < -0.3 is 10.4 Å². The number of hydrogen-bond donors (Lipinski definition) is 2. The van der Waals surface area contributed by atoms with E-state index >= 15 is 0 Å². The summed E-state index contributed by atoms with van der Waals surface area (Å²) < 4.78 is 11.6. The van der Waals surface area contributed by atoms with Crippen LogP contribution >= 0.6 is 0 Å². The second kappa shape index (κ2) is 7.64. The molecule has 1 amide bonds. The molecule has 2 aromatic rings. The van der Waals surface area contributed by atoms with E-state index in [1.807, 2.05) is 30.3 Å². The molecule has 6 nitrogen and oxygen atoms in total. The maximum Gasteiger partial charge on any atom is 0.354 e. The smallest absolute Gasteiger partial charge is 0.354 e. The van der Waals surface area contributed by atoms with E-state index in [1.165, 1.54) is 18.3 Å². The standard InChI is InChI=1S/C16H16N2O4S/c1-23(22)10-14(11-5-3-2-4-6-11)18-15(19)12-7-8-17-13(9-12)16(20)21/h2-9,14H,10H2,1H3,(H,18,19)(H,20,21). The van der Waals surface area contributed by atoms with Crippen molar-refractivity contribution in [3.63, 3.8) is 0 Å². The lowest BCUT2D eigenvalue weighted by molar-refractivity contribution is 0.0690. The highest BCUT2D eigenvalue weighted by Gasteiger charge is 2.18. The molecule has 0 aliphatic rings. The zero-order valence-corrected chi connectivity index (χ0v) is 13.2. The molecule has 7 heteroatoms. The SMILES string of the molecule is CS(=O)CC(NC(=O)c1ccnc(C(=O)O)c1)c1ccccc1. The van der Waals surface area contributed by atoms with Crippen LogP contribution in [0.15, 0.2) is 48.7 Å². The van der Waals surface area contributed by atoms with Gasteiger partial charge in [0.25, 0.3) is 5.91 Å². The molecule has 0 fully saturated rings. The van der Waals surface area contributed by atoms with Crippen LogP contribution in [0.2, 0.25) is 0 Å². The molecule has 0 saturated heterocycles. The Morgan fingerprint density at radius 1 is 1.26 bits per heavy atom. The Hall–Kier alpha value is -2.54. The average Bonchev–Trinajstić information content (AvgIpc) is 2.54. The van der Waals surface area contributed by atoms with Gasteiger partial charge in [0.2, 0.25) is 0 Å². The van der Waals surface area contributed by atoms with Gasteiger partial charge in [0.15, 0.2) is 0 Å². The Morgan fingerprint density at radius 3 is 2.57 bits per heavy atom. The van der Waals surface area contributed by atoms with Crippen LogP contribution < -0.4 is 5.32 Å². The number of carbonyl (C=O) groups excluding carboxylic acids is 1. The maximum atomic E-state index is 12.4. The Bertz CT molecular complexity index is 734. The van der Waals surface area contributed by atoms with Gasteiger partial charge in [-0.3, -0.25) is 9.00 Å². The van der Waals surface area contributed by atoms with Crippen molar-refractivity contribution in [3.05, 3.63) is 65.5 Å². The Labute approximate surface area is 136 Å². The average molecular weight is 332 g/mol. The van der Waals surface area contributed by atoms with E-state index in [0.29, 0.717) is 0 Å². The Morgan fingerprint density at radius 2 is 1.96 bits per heavy atom. The molecule has 0 radical (unpaired) electrons. The first-order valence-corrected chi connectivity index (χ1v) is 8.55. The van der Waals surface area contributed by atoms with Gasteiger partial charge in [-0.25, -0.2) is 9.78 Å². The van der Waals surface area contributed by atoms with Crippen LogP contribution in [0.5, 0.6) is 0 Å². The third-order valence-electron chi connectivity index (χ3n) is 3.15. The topological polar surface area (TPSA) is 96.4 Å². The van der Waals surface area contributed by atoms with Crippen LogP contribution in [0.1, 0.15) is 32.5 Å². The first kappa shape index (κ1) is 16.8. The Balaban J connectivity index is 2.22. The molecule has 0 aliphatic heterocycles. The van der Waals surface area contributed by atoms with Crippen LogP contribution in [0, 0.1) is 0 Å². The summed E-state index contributed by atoms with van der Waals surface area (Å²) in [5, 5.41) is 11.7. The van der Waals surface area contributed by atoms with Crippen LogP contribution in [0.3, 0.4) is 0 Å². The number of rotatable bonds is 6. The van der Waals surface area contributed by atoms with E-state index < -0.39 is 28.7 Å². The summed E-state index contributed by atoms with van der Waals surface area (Å²) in [6, 6.07) is 11.4. The molecule has 1 aromatic carbocycles. The molecule has 120 valence electrons. The highest BCUT2D eigenvalue weighted by Crippen LogP contribution is 2.15. The monoisotopic (exact) mass is 332 g/mol. The predicted molar refractivity (Wildman–Crippen MR) is 86.8 cm³/mol. The minimum atomic E-state index is -1.20. The number of carboxylic acid groups (broad SMARTS) is 1. The normalized spacial score (nSPS) is 13.1. The van der Waals surface area contributed by atoms with Crippen LogP contribution in [-0.4, -0.2) is 38.2 Å². The summed E-state index contributed by atoms with van der Waals surface area (Å²) in [5.74, 6) is -1.37. The Kier molecular flexibility index (Phi) is 5.59. The summed E-state index contributed by atoms with van der Waals surface area (Å²) in [6.45, 7) is 0. The van der Waals surface area contributed by atoms with Gasteiger partial charge in [-0.05, 0) is 17.7 Å². The highest BCUT2D eigenvalue weighted by molar-refractivity contribution is 7.84. The molecule has 2 rings (SSSR count). The molecule has 0 saturated carbocycles. The highest BCUT2D eigenvalue weighted by atomic mass is 32.2. The van der Waals surface area contributed by atoms with Crippen LogP contribution in [0.4, 0.5) is 0 Å². The largest absolute Gasteiger partial charge is 0.477 e. The van der Waals surface area contributed by atoms with Crippen molar-refractivity contribution in [1.29, 1.82) is 0 Å². The van der Waals surface area contributed by atoms with E-state index in [1.54, 1.807) is 6.26 Å². The minimum Gasteiger partial charge on any atom is -0.477 e. The molecular formula is C16H16N2O4S. The van der Waals surface area contributed by atoms with Crippen molar-refractivity contribution >= 4 is 22.7 Å². The van der Waals surface area contributed by atoms with Crippen LogP contribution in [-0.2, 0) is 10.8 Å². The van der Waals surface area contributed by atoms with E-state index in [0.717, 1.165) is 5.56 Å². The fourth-order valence-corrected chi connectivity index (χ4v) is 2.82. The van der Waals surface area contributed by atoms with E-state index in [2.05, 4.69) is 10.3 Å². The first-order chi connectivity index (χ1) is 11.0. The zero-order valence-electron chi connectivity index (χ0n) is 12.4. The number of nitrogens with zero attached hydrogens (tertiary/aromatic N) is 1. The first-order valence-electron chi connectivity index (χ1n) is 6.82. The number of hydrogen-bond acceptors (Lipinski definition) is 4. The number of aromatic carboxylic acids is 1. The van der Waals surface area contributed by atoms with Crippen LogP contribution in [0.25, 0.3) is 0 Å². The second-order valence-electron chi connectivity index (χ2n) is 4.91. The number of aromatic nitrogens is 1. The third-order valence-corrected chi connectivity index (χ3v) is 3.95. The van der Waals surface area contributed by atoms with Crippen molar-refractivity contribution in [3.8, 4) is 0 Å². The van der Waals surface area contributed by atoms with Gasteiger partial charge in [0.1, 0.15) is 5.69 Å². The van der Waals surface area contributed by atoms with Crippen molar-refractivity contribution in [2.24, 2.45) is 0 Å². The van der Waals surface area contributed by atoms with E-state index in [4.69, 9.17) is 5.11 Å². The molecule has 0 aliphatic carbocycles. The zero-order chi connectivity index (χ0) is 16.8. The molecule has 0 bridgehead atoms. The predicted octanol–water partition coefficient (Wildman–Crippen LogP) is 1.63. The molecular weight excluding hydrogens is 316 g/mol. The van der Waals surface area contributed by atoms with E-state index in [9.17, 15) is 13.8 Å². The lowest BCUT2D eigenvalue weighted by Gasteiger charge is -2.18. The van der Waals surface area contributed by atoms with Gasteiger partial charge in [-0.1, -0.05) is 30.3 Å². The van der Waals surface area contributed by atoms with Gasteiger partial charge in [-0.15, -0.1) is 0 Å². The summed E-state index contributed by atoms with van der Waals surface area (Å²) in [4.78, 5) is 27.0. The van der Waals surface area contributed by atoms with Gasteiger partial charge >= 0.3 is 5.97 Å². The number of pyridine rings is 1. The third kappa shape index (κ3) is 4.72. The lowest BCUT2D eigenvalue weighted by atomic mass is 10.1. The molecule has 1 aromatic heterocycles. The molecule has 1 heterocycles. The number of nitrogens with one attached hydrogen (secondary N) is 1. The van der Waals surface area contributed by atoms with Crippen molar-refractivity contribution in [2.45, 2.75) is 6.04 Å². The van der Waals surface area contributed by atoms with Crippen molar-refractivity contribution in [1.82, 2.24) is 10.3 Å². The fourth-order valence-electron chi connectivity index (χ4n) is 2.07. The molecule has 0 spiro atoms. The molecule has 23 heavy (non-hydrogen) atoms. The number of carbonyl (C=O) groups is 2. The van der Waals surface area contributed by atoms with Gasteiger partial charge in [0.05, 0.1) is 6.04 Å². The molecule has 2 unspecified atom stereocenters. The molecule has 2 N–H and O–H groups in total. The number of benzene rings is 1. The van der Waals surface area contributed by atoms with Crippen molar-refractivity contribution < 1.29 is 18.9 Å². The number of amides is 1. The van der Waals surface area contributed by atoms with Gasteiger partial charge in [0, 0.05) is 34.6 Å². The van der Waals surface area contributed by atoms with E-state index in [-0.39, 0.29) is 17.0 Å². The molecule has 2 atom stereocenters. The fraction of sp³-hybridized carbons (Fsp3) is 0.188. The second-order valence-corrected chi connectivity index (χ2v) is 6.39. The lowest BCUT2D eigenvalue weighted by Crippen LogP contribution is -2.32. The minimum absolute atomic E-state index is 0.195.